The number of H-pyrrole nitrogens is 1. The summed E-state index contributed by atoms with van der Waals surface area (Å²) in [6, 6.07) is 13.8. The standard InChI is InChI=1S/C31H43ClN3O6P/c1-24(36)35-29(22-25-23-34-28-18-12-10-16-26(25)28)31(37)33-20-14-8-6-4-2-3-5-7-9-15-21-40-42(38,39)41-30-19-13-11-17-27(30)32/h10-13,16-19,23,29,34H,2-9,14-15,20-22H2,1H3,(H,33,37)(H,35,36)(H,38,39)/t29-/m1/s1. The van der Waals surface area contributed by atoms with Crippen LogP contribution >= 0.6 is 19.4 Å². The second kappa shape index (κ2) is 18.0. The average molecular weight is 620 g/mol. The molecule has 3 aromatic rings. The number of benzene rings is 2. The molecule has 3 rings (SSSR count). The van der Waals surface area contributed by atoms with Crippen LogP contribution in [0.1, 0.15) is 76.7 Å². The highest BCUT2D eigenvalue weighted by molar-refractivity contribution is 7.47. The largest absolute Gasteiger partial charge is 0.527 e. The Morgan fingerprint density at radius 1 is 0.929 bits per heavy atom. The first-order valence-electron chi connectivity index (χ1n) is 14.8. The van der Waals surface area contributed by atoms with Crippen molar-refractivity contribution in [2.45, 2.75) is 83.6 Å². The van der Waals surface area contributed by atoms with E-state index in [2.05, 4.69) is 15.6 Å². The lowest BCUT2D eigenvalue weighted by Crippen LogP contribution is -2.47. The van der Waals surface area contributed by atoms with E-state index in [1.165, 1.54) is 13.0 Å². The van der Waals surface area contributed by atoms with Gasteiger partial charge in [0, 0.05) is 37.0 Å². The van der Waals surface area contributed by atoms with Crippen LogP contribution in [0.15, 0.2) is 54.7 Å². The Balaban J connectivity index is 1.18. The Bertz CT molecular complexity index is 1320. The number of phosphoric ester groups is 1. The molecule has 0 bridgehead atoms. The van der Waals surface area contributed by atoms with E-state index < -0.39 is 13.9 Å². The zero-order valence-corrected chi connectivity index (χ0v) is 25.9. The first kappa shape index (κ1) is 33.7. The quantitative estimate of drug-likeness (QED) is 0.0790. The Labute approximate surface area is 253 Å². The highest BCUT2D eigenvalue weighted by atomic mass is 35.5. The maximum absolute atomic E-state index is 12.8. The maximum atomic E-state index is 12.8. The molecule has 2 atom stereocenters. The fourth-order valence-electron chi connectivity index (χ4n) is 4.80. The topological polar surface area (TPSA) is 130 Å². The highest BCUT2D eigenvalue weighted by Gasteiger charge is 2.24. The number of hydrogen-bond acceptors (Lipinski definition) is 5. The van der Waals surface area contributed by atoms with Gasteiger partial charge in [0.15, 0.2) is 0 Å². The molecular weight excluding hydrogens is 577 g/mol. The van der Waals surface area contributed by atoms with Gasteiger partial charge in [-0.25, -0.2) is 4.57 Å². The molecule has 1 aromatic heterocycles. The van der Waals surface area contributed by atoms with E-state index in [9.17, 15) is 19.0 Å². The summed E-state index contributed by atoms with van der Waals surface area (Å²) in [4.78, 5) is 37.6. The number of carbonyl (C=O) groups is 2. The lowest BCUT2D eigenvalue weighted by atomic mass is 10.0. The van der Waals surface area contributed by atoms with Crippen LogP contribution in [0.5, 0.6) is 5.75 Å². The third-order valence-corrected chi connectivity index (χ3v) is 8.22. The zero-order chi connectivity index (χ0) is 30.2. The molecule has 0 aliphatic heterocycles. The van der Waals surface area contributed by atoms with E-state index in [1.807, 2.05) is 30.5 Å². The SMILES string of the molecule is CC(=O)N[C@H](Cc1c[nH]c2ccccc12)C(=O)NCCCCCCCCCCCCOP(=O)(O)Oc1ccccc1Cl. The van der Waals surface area contributed by atoms with Gasteiger partial charge in [0.2, 0.25) is 11.8 Å². The molecule has 0 aliphatic rings. The van der Waals surface area contributed by atoms with Crippen LogP contribution in [-0.2, 0) is 25.1 Å². The van der Waals surface area contributed by atoms with Crippen molar-refractivity contribution in [2.24, 2.45) is 0 Å². The molecular formula is C31H43ClN3O6P. The summed E-state index contributed by atoms with van der Waals surface area (Å²) in [5, 5.41) is 7.09. The summed E-state index contributed by atoms with van der Waals surface area (Å²) < 4.78 is 22.1. The molecule has 4 N–H and O–H groups in total. The van der Waals surface area contributed by atoms with E-state index in [0.717, 1.165) is 74.3 Å². The Hall–Kier alpha value is -2.84. The van der Waals surface area contributed by atoms with Crippen molar-refractivity contribution in [1.82, 2.24) is 15.6 Å². The Kier molecular flexibility index (Phi) is 14.4. The van der Waals surface area contributed by atoms with Crippen LogP contribution < -0.4 is 15.2 Å². The molecule has 1 heterocycles. The van der Waals surface area contributed by atoms with Gasteiger partial charge in [-0.3, -0.25) is 19.0 Å². The van der Waals surface area contributed by atoms with Crippen molar-refractivity contribution in [3.63, 3.8) is 0 Å². The Morgan fingerprint density at radius 2 is 1.55 bits per heavy atom. The van der Waals surface area contributed by atoms with Crippen LogP contribution in [0.25, 0.3) is 10.9 Å². The second-order valence-electron chi connectivity index (χ2n) is 10.5. The highest BCUT2D eigenvalue weighted by Crippen LogP contribution is 2.45. The zero-order valence-electron chi connectivity index (χ0n) is 24.3. The number of unbranched alkanes of at least 4 members (excludes halogenated alkanes) is 9. The van der Waals surface area contributed by atoms with Crippen LogP contribution in [0.2, 0.25) is 5.02 Å². The predicted molar refractivity (Wildman–Crippen MR) is 167 cm³/mol. The third kappa shape index (κ3) is 12.2. The minimum absolute atomic E-state index is 0.128. The van der Waals surface area contributed by atoms with Gasteiger partial charge >= 0.3 is 7.82 Å². The van der Waals surface area contributed by atoms with Crippen molar-refractivity contribution in [2.75, 3.05) is 13.2 Å². The number of hydrogen-bond donors (Lipinski definition) is 4. The smallest absolute Gasteiger partial charge is 0.403 e. The molecule has 0 saturated heterocycles. The third-order valence-electron chi connectivity index (χ3n) is 6.97. The molecule has 2 amide bonds. The molecule has 11 heteroatoms. The molecule has 0 aliphatic carbocycles. The van der Waals surface area contributed by atoms with Crippen LogP contribution in [0, 0.1) is 0 Å². The van der Waals surface area contributed by atoms with Gasteiger partial charge in [0.1, 0.15) is 11.8 Å². The normalized spacial score (nSPS) is 13.4. The predicted octanol–water partition coefficient (Wildman–Crippen LogP) is 7.08. The first-order valence-corrected chi connectivity index (χ1v) is 16.6. The summed E-state index contributed by atoms with van der Waals surface area (Å²) in [6.07, 6.45) is 12.6. The summed E-state index contributed by atoms with van der Waals surface area (Å²) >= 11 is 5.95. The molecule has 230 valence electrons. The number of aromatic amines is 1. The minimum atomic E-state index is -4.19. The van der Waals surface area contributed by atoms with Crippen molar-refractivity contribution < 1.29 is 28.1 Å². The number of phosphoric acid groups is 1. The van der Waals surface area contributed by atoms with Crippen molar-refractivity contribution in [1.29, 1.82) is 0 Å². The van der Waals surface area contributed by atoms with Crippen molar-refractivity contribution in [3.05, 3.63) is 65.3 Å². The van der Waals surface area contributed by atoms with E-state index in [4.69, 9.17) is 20.6 Å². The molecule has 0 radical (unpaired) electrons. The van der Waals surface area contributed by atoms with Crippen LogP contribution in [0.3, 0.4) is 0 Å². The molecule has 9 nitrogen and oxygen atoms in total. The molecule has 0 spiro atoms. The summed E-state index contributed by atoms with van der Waals surface area (Å²) in [6.45, 7) is 2.18. The van der Waals surface area contributed by atoms with Crippen molar-refractivity contribution >= 4 is 42.1 Å². The van der Waals surface area contributed by atoms with E-state index in [-0.39, 0.29) is 29.2 Å². The van der Waals surface area contributed by atoms with Crippen LogP contribution in [0.4, 0.5) is 0 Å². The van der Waals surface area contributed by atoms with Gasteiger partial charge in [-0.1, -0.05) is 93.3 Å². The fraction of sp³-hybridized carbons (Fsp3) is 0.484. The maximum Gasteiger partial charge on any atom is 0.527 e. The molecule has 1 unspecified atom stereocenters. The summed E-state index contributed by atoms with van der Waals surface area (Å²) in [7, 11) is -4.19. The van der Waals surface area contributed by atoms with Gasteiger partial charge in [-0.05, 0) is 36.6 Å². The number of amides is 2. The van der Waals surface area contributed by atoms with Crippen molar-refractivity contribution in [3.8, 4) is 5.75 Å². The lowest BCUT2D eigenvalue weighted by molar-refractivity contribution is -0.128. The number of fused-ring (bicyclic) bond motifs is 1. The van der Waals surface area contributed by atoms with Gasteiger partial charge in [0.05, 0.1) is 11.6 Å². The number of para-hydroxylation sites is 2. The number of aromatic nitrogens is 1. The molecule has 0 fully saturated rings. The minimum Gasteiger partial charge on any atom is -0.403 e. The van der Waals surface area contributed by atoms with E-state index >= 15 is 0 Å². The fourth-order valence-corrected chi connectivity index (χ4v) is 5.85. The average Bonchev–Trinajstić information content (AvgIpc) is 3.36. The number of nitrogens with one attached hydrogen (secondary N) is 3. The van der Waals surface area contributed by atoms with Gasteiger partial charge < -0.3 is 20.1 Å². The number of halogens is 1. The number of carbonyl (C=O) groups excluding carboxylic acids is 2. The number of rotatable bonds is 20. The van der Waals surface area contributed by atoms with Crippen LogP contribution in [-0.4, -0.2) is 40.9 Å². The molecule has 2 aromatic carbocycles. The lowest BCUT2D eigenvalue weighted by Gasteiger charge is -2.17. The van der Waals surface area contributed by atoms with Gasteiger partial charge in [-0.2, -0.15) is 0 Å². The molecule has 0 saturated carbocycles. The monoisotopic (exact) mass is 619 g/mol. The first-order chi connectivity index (χ1) is 20.2. The summed E-state index contributed by atoms with van der Waals surface area (Å²) in [5.41, 5.74) is 2.01. The van der Waals surface area contributed by atoms with E-state index in [1.54, 1.807) is 18.2 Å². The second-order valence-corrected chi connectivity index (χ2v) is 12.3. The van der Waals surface area contributed by atoms with E-state index in [0.29, 0.717) is 19.4 Å². The summed E-state index contributed by atoms with van der Waals surface area (Å²) in [5.74, 6) is -0.253. The molecule has 42 heavy (non-hydrogen) atoms. The van der Waals surface area contributed by atoms with Gasteiger partial charge in [-0.15, -0.1) is 0 Å². The van der Waals surface area contributed by atoms with Gasteiger partial charge in [0.25, 0.3) is 0 Å². The Morgan fingerprint density at radius 3 is 2.24 bits per heavy atom.